The summed E-state index contributed by atoms with van der Waals surface area (Å²) in [5, 5.41) is 2.59. The van der Waals surface area contributed by atoms with Gasteiger partial charge in [0.1, 0.15) is 6.10 Å². The topological polar surface area (TPSA) is 38.8 Å². The fraction of sp³-hybridized carbons (Fsp3) is 0.480. The highest BCUT2D eigenvalue weighted by Gasteiger charge is 2.63. The summed E-state index contributed by atoms with van der Waals surface area (Å²) in [5.74, 6) is 0.759. The Morgan fingerprint density at radius 2 is 1.53 bits per heavy atom. The molecule has 0 unspecified atom stereocenters. The fourth-order valence-corrected chi connectivity index (χ4v) is 11.0. The zero-order valence-corrected chi connectivity index (χ0v) is 19.2. The number of likely N-dealkylation sites (N-methyl/N-ethyl adjacent to an activating group) is 1. The Balaban J connectivity index is 1.58. The molecule has 0 spiro atoms. The van der Waals surface area contributed by atoms with Gasteiger partial charge in [0.25, 0.3) is 8.32 Å². The Bertz CT molecular complexity index is 887. The molecular formula is C25H31NO3Si. The van der Waals surface area contributed by atoms with Crippen molar-refractivity contribution in [3.63, 3.8) is 0 Å². The molecule has 5 heteroatoms. The van der Waals surface area contributed by atoms with Gasteiger partial charge in [0, 0.05) is 18.9 Å². The van der Waals surface area contributed by atoms with Gasteiger partial charge in [0.05, 0.1) is 12.1 Å². The molecule has 2 aliphatic carbocycles. The Kier molecular flexibility index (Phi) is 4.60. The third kappa shape index (κ3) is 2.78. The minimum absolute atomic E-state index is 0.0369. The molecule has 2 bridgehead atoms. The van der Waals surface area contributed by atoms with Crippen molar-refractivity contribution in [2.45, 2.75) is 56.9 Å². The number of benzene rings is 2. The first-order valence-corrected chi connectivity index (χ1v) is 13.0. The van der Waals surface area contributed by atoms with Crippen LogP contribution < -0.4 is 10.4 Å². The first kappa shape index (κ1) is 19.8. The Morgan fingerprint density at radius 3 is 2.07 bits per heavy atom. The van der Waals surface area contributed by atoms with Crippen molar-refractivity contribution in [3.05, 3.63) is 60.7 Å². The predicted molar refractivity (Wildman–Crippen MR) is 121 cm³/mol. The highest BCUT2D eigenvalue weighted by Crippen LogP contribution is 2.53. The molecule has 0 radical (unpaired) electrons. The second-order valence-corrected chi connectivity index (χ2v) is 14.4. The van der Waals surface area contributed by atoms with Gasteiger partial charge in [0.2, 0.25) is 0 Å². The summed E-state index contributed by atoms with van der Waals surface area (Å²) in [7, 11) is -0.697. The molecule has 3 aliphatic rings. The molecule has 30 heavy (non-hydrogen) atoms. The molecule has 0 aromatic heterocycles. The second kappa shape index (κ2) is 6.96. The van der Waals surface area contributed by atoms with E-state index in [1.165, 1.54) is 10.4 Å². The van der Waals surface area contributed by atoms with Crippen LogP contribution in [0.2, 0.25) is 5.04 Å². The van der Waals surface area contributed by atoms with Gasteiger partial charge in [-0.25, -0.2) is 4.79 Å². The van der Waals surface area contributed by atoms with Crippen molar-refractivity contribution in [1.29, 1.82) is 0 Å². The van der Waals surface area contributed by atoms with Crippen LogP contribution in [0.1, 0.15) is 33.6 Å². The molecule has 3 fully saturated rings. The molecule has 1 amide bonds. The molecule has 4 nitrogen and oxygen atoms in total. The molecule has 2 aromatic carbocycles. The van der Waals surface area contributed by atoms with E-state index in [0.717, 1.165) is 12.8 Å². The summed E-state index contributed by atoms with van der Waals surface area (Å²) in [5.41, 5.74) is 0. The SMILES string of the molecule is CN1C(=O)O[C@@H]2[C@H]3C[C@@H]([C@@H]21)[C@@H](O[Si](c1ccccc1)(c1ccccc1)C(C)(C)C)C3. The molecule has 1 aliphatic heterocycles. The molecular weight excluding hydrogens is 390 g/mol. The number of amides is 1. The summed E-state index contributed by atoms with van der Waals surface area (Å²) in [6.45, 7) is 6.97. The van der Waals surface area contributed by atoms with Crippen molar-refractivity contribution >= 4 is 24.8 Å². The third-order valence-electron chi connectivity index (χ3n) is 7.54. The van der Waals surface area contributed by atoms with Crippen LogP contribution in [-0.4, -0.2) is 44.6 Å². The van der Waals surface area contributed by atoms with Gasteiger partial charge < -0.3 is 14.1 Å². The lowest BCUT2D eigenvalue weighted by Crippen LogP contribution is -2.68. The number of hydrogen-bond acceptors (Lipinski definition) is 3. The van der Waals surface area contributed by atoms with Crippen LogP contribution in [-0.2, 0) is 9.16 Å². The van der Waals surface area contributed by atoms with Gasteiger partial charge >= 0.3 is 6.09 Å². The molecule has 2 aromatic rings. The summed E-state index contributed by atoms with van der Waals surface area (Å²) >= 11 is 0. The van der Waals surface area contributed by atoms with Crippen LogP contribution in [0.5, 0.6) is 0 Å². The molecule has 0 N–H and O–H groups in total. The molecule has 2 saturated carbocycles. The van der Waals surface area contributed by atoms with Gasteiger partial charge in [-0.15, -0.1) is 0 Å². The average molecular weight is 422 g/mol. The smallest absolute Gasteiger partial charge is 0.410 e. The molecule has 5 atom stereocenters. The molecule has 5 rings (SSSR count). The molecule has 1 heterocycles. The zero-order valence-electron chi connectivity index (χ0n) is 18.2. The summed E-state index contributed by atoms with van der Waals surface area (Å²) in [6, 6.07) is 21.8. The highest BCUT2D eigenvalue weighted by molar-refractivity contribution is 6.99. The van der Waals surface area contributed by atoms with E-state index >= 15 is 0 Å². The van der Waals surface area contributed by atoms with E-state index in [0.29, 0.717) is 11.8 Å². The van der Waals surface area contributed by atoms with E-state index in [1.807, 2.05) is 11.9 Å². The lowest BCUT2D eigenvalue weighted by molar-refractivity contribution is 0.0463. The standard InChI is InChI=1S/C25H31NO3Si/c1-25(2,3)30(18-11-7-5-8-12-18,19-13-9-6-10-14-19)29-21-16-17-15-20(21)22-23(17)28-24(27)26(22)4/h5-14,17,20-23H,15-16H2,1-4H3/t17-,20+,21-,22-,23+/m0/s1. The number of carbonyl (C=O) groups is 1. The van der Waals surface area contributed by atoms with Crippen LogP contribution in [0.15, 0.2) is 60.7 Å². The number of rotatable bonds is 4. The zero-order chi connectivity index (χ0) is 21.1. The Labute approximate surface area is 180 Å². The van der Waals surface area contributed by atoms with E-state index in [1.54, 1.807) is 0 Å². The van der Waals surface area contributed by atoms with Crippen molar-refractivity contribution in [3.8, 4) is 0 Å². The summed E-state index contributed by atoms with van der Waals surface area (Å²) < 4.78 is 13.1. The van der Waals surface area contributed by atoms with Crippen molar-refractivity contribution < 1.29 is 14.0 Å². The summed E-state index contributed by atoms with van der Waals surface area (Å²) in [4.78, 5) is 14.0. The quantitative estimate of drug-likeness (QED) is 0.705. The van der Waals surface area contributed by atoms with Crippen LogP contribution in [0.4, 0.5) is 4.79 Å². The van der Waals surface area contributed by atoms with E-state index in [2.05, 4.69) is 81.4 Å². The predicted octanol–water partition coefficient (Wildman–Crippen LogP) is 3.79. The number of ether oxygens (including phenoxy) is 1. The summed E-state index contributed by atoms with van der Waals surface area (Å²) in [6.07, 6.45) is 2.10. The second-order valence-electron chi connectivity index (χ2n) is 10.2. The van der Waals surface area contributed by atoms with Gasteiger partial charge in [-0.2, -0.15) is 0 Å². The van der Waals surface area contributed by atoms with Crippen LogP contribution in [0, 0.1) is 11.8 Å². The first-order chi connectivity index (χ1) is 14.3. The van der Waals surface area contributed by atoms with E-state index < -0.39 is 8.32 Å². The first-order valence-electron chi connectivity index (χ1n) is 11.1. The van der Waals surface area contributed by atoms with Crippen LogP contribution >= 0.6 is 0 Å². The lowest BCUT2D eigenvalue weighted by atomic mass is 9.90. The number of fused-ring (bicyclic) bond motifs is 5. The van der Waals surface area contributed by atoms with Crippen molar-refractivity contribution in [2.75, 3.05) is 7.05 Å². The monoisotopic (exact) mass is 421 g/mol. The van der Waals surface area contributed by atoms with E-state index in [4.69, 9.17) is 9.16 Å². The fourth-order valence-electron chi connectivity index (χ4n) is 6.27. The van der Waals surface area contributed by atoms with Gasteiger partial charge in [-0.1, -0.05) is 81.4 Å². The van der Waals surface area contributed by atoms with Gasteiger partial charge in [0.15, 0.2) is 0 Å². The Hall–Kier alpha value is -2.11. The van der Waals surface area contributed by atoms with E-state index in [9.17, 15) is 4.79 Å². The number of hydrogen-bond donors (Lipinski definition) is 0. The average Bonchev–Trinajstić information content (AvgIpc) is 3.38. The Morgan fingerprint density at radius 1 is 0.967 bits per heavy atom. The number of carbonyl (C=O) groups excluding carboxylic acids is 1. The maximum atomic E-state index is 12.2. The lowest BCUT2D eigenvalue weighted by Gasteiger charge is -2.47. The van der Waals surface area contributed by atoms with Crippen LogP contribution in [0.3, 0.4) is 0 Å². The van der Waals surface area contributed by atoms with Gasteiger partial charge in [-0.3, -0.25) is 0 Å². The van der Waals surface area contributed by atoms with E-state index in [-0.39, 0.29) is 29.4 Å². The van der Waals surface area contributed by atoms with Crippen molar-refractivity contribution in [2.24, 2.45) is 11.8 Å². The minimum atomic E-state index is -2.58. The minimum Gasteiger partial charge on any atom is -0.444 e. The normalized spacial score (nSPS) is 30.5. The highest BCUT2D eigenvalue weighted by atomic mass is 28.4. The number of nitrogens with zero attached hydrogens (tertiary/aromatic N) is 1. The van der Waals surface area contributed by atoms with Crippen molar-refractivity contribution in [1.82, 2.24) is 4.90 Å². The van der Waals surface area contributed by atoms with Gasteiger partial charge in [-0.05, 0) is 28.3 Å². The third-order valence-corrected chi connectivity index (χ3v) is 12.6. The maximum absolute atomic E-state index is 12.2. The van der Waals surface area contributed by atoms with Crippen LogP contribution in [0.25, 0.3) is 0 Å². The molecule has 1 saturated heterocycles. The molecule has 158 valence electrons. The largest absolute Gasteiger partial charge is 0.444 e. The maximum Gasteiger partial charge on any atom is 0.410 e.